The van der Waals surface area contributed by atoms with Gasteiger partial charge in [-0.1, -0.05) is 13.3 Å². The lowest BCUT2D eigenvalue weighted by molar-refractivity contribution is 0.235. The molecule has 2 unspecified atom stereocenters. The van der Waals surface area contributed by atoms with Gasteiger partial charge in [0.05, 0.1) is 0 Å². The first kappa shape index (κ1) is 9.85. The van der Waals surface area contributed by atoms with Crippen LogP contribution in [0.15, 0.2) is 0 Å². The summed E-state index contributed by atoms with van der Waals surface area (Å²) in [7, 11) is 0. The Balaban J connectivity index is 2.03. The van der Waals surface area contributed by atoms with Crippen LogP contribution in [0.4, 0.5) is 0 Å². The summed E-state index contributed by atoms with van der Waals surface area (Å²) in [6.45, 7) is 3.61. The Morgan fingerprint density at radius 3 is 2.85 bits per heavy atom. The van der Waals surface area contributed by atoms with Crippen molar-refractivity contribution in [2.45, 2.75) is 56.2 Å². The lowest BCUT2D eigenvalue weighted by Gasteiger charge is -2.42. The zero-order valence-corrected chi connectivity index (χ0v) is 9.46. The summed E-state index contributed by atoms with van der Waals surface area (Å²) in [5, 5.41) is 4.72. The van der Waals surface area contributed by atoms with Crippen molar-refractivity contribution in [3.63, 3.8) is 0 Å². The second kappa shape index (κ2) is 4.22. The average molecular weight is 199 g/mol. The first-order chi connectivity index (χ1) is 6.37. The predicted molar refractivity (Wildman–Crippen MR) is 60.4 cm³/mol. The first-order valence-corrected chi connectivity index (χ1v) is 6.79. The lowest BCUT2D eigenvalue weighted by atomic mass is 9.82. The van der Waals surface area contributed by atoms with Crippen LogP contribution in [0.1, 0.15) is 45.4 Å². The van der Waals surface area contributed by atoms with Crippen molar-refractivity contribution in [2.24, 2.45) is 0 Å². The van der Waals surface area contributed by atoms with Gasteiger partial charge in [-0.25, -0.2) is 0 Å². The second-order valence-corrected chi connectivity index (χ2v) is 5.71. The average Bonchev–Trinajstić information content (AvgIpc) is 2.72. The molecule has 2 aliphatic rings. The summed E-state index contributed by atoms with van der Waals surface area (Å²) in [6, 6.07) is 0. The molecule has 2 rings (SSSR count). The summed E-state index contributed by atoms with van der Waals surface area (Å²) in [6.07, 6.45) is 8.47. The molecule has 0 aromatic heterocycles. The molecule has 0 saturated carbocycles. The predicted octanol–water partition coefficient (Wildman–Crippen LogP) is 2.80. The molecule has 1 nitrogen and oxygen atoms in total. The monoisotopic (exact) mass is 199 g/mol. The van der Waals surface area contributed by atoms with Crippen LogP contribution in [0.5, 0.6) is 0 Å². The Bertz CT molecular complexity index is 157. The van der Waals surface area contributed by atoms with E-state index in [0.717, 1.165) is 5.25 Å². The Morgan fingerprint density at radius 1 is 1.38 bits per heavy atom. The molecule has 0 spiro atoms. The zero-order chi connectivity index (χ0) is 9.15. The van der Waals surface area contributed by atoms with Crippen molar-refractivity contribution in [2.75, 3.05) is 12.3 Å². The van der Waals surface area contributed by atoms with Crippen LogP contribution >= 0.6 is 11.8 Å². The molecule has 2 heteroatoms. The maximum Gasteiger partial charge on any atom is 0.0297 e. The van der Waals surface area contributed by atoms with Gasteiger partial charge in [-0.15, -0.1) is 0 Å². The fourth-order valence-electron chi connectivity index (χ4n) is 2.81. The summed E-state index contributed by atoms with van der Waals surface area (Å²) in [5.41, 5.74) is 0.513. The molecule has 2 aliphatic heterocycles. The fourth-order valence-corrected chi connectivity index (χ4v) is 4.45. The third kappa shape index (κ3) is 1.89. The number of rotatable bonds is 2. The molecule has 76 valence electrons. The van der Waals surface area contributed by atoms with E-state index < -0.39 is 0 Å². The quantitative estimate of drug-likeness (QED) is 0.734. The van der Waals surface area contributed by atoms with Crippen LogP contribution in [0, 0.1) is 0 Å². The Kier molecular flexibility index (Phi) is 3.20. The maximum atomic E-state index is 3.80. The molecule has 2 heterocycles. The van der Waals surface area contributed by atoms with E-state index in [1.165, 1.54) is 50.8 Å². The van der Waals surface area contributed by atoms with Crippen LogP contribution in [-0.4, -0.2) is 23.1 Å². The van der Waals surface area contributed by atoms with E-state index in [1.54, 1.807) is 0 Å². The van der Waals surface area contributed by atoms with Gasteiger partial charge < -0.3 is 5.32 Å². The highest BCUT2D eigenvalue weighted by molar-refractivity contribution is 8.00. The number of hydrogen-bond acceptors (Lipinski definition) is 2. The van der Waals surface area contributed by atoms with Gasteiger partial charge in [0.15, 0.2) is 0 Å². The molecule has 0 aliphatic carbocycles. The highest BCUT2D eigenvalue weighted by Gasteiger charge is 2.39. The van der Waals surface area contributed by atoms with E-state index in [1.807, 2.05) is 0 Å². The van der Waals surface area contributed by atoms with E-state index in [4.69, 9.17) is 0 Å². The summed E-state index contributed by atoms with van der Waals surface area (Å²) in [5.74, 6) is 1.40. The van der Waals surface area contributed by atoms with Crippen molar-refractivity contribution >= 4 is 11.8 Å². The standard InChI is InChI=1S/C11H21NS/c1-2-11(7-3-4-8-12-11)10-6-5-9-13-10/h10,12H,2-9H2,1H3. The number of piperidine rings is 1. The number of nitrogens with one attached hydrogen (secondary N) is 1. The van der Waals surface area contributed by atoms with Crippen LogP contribution < -0.4 is 5.32 Å². The molecule has 1 N–H and O–H groups in total. The second-order valence-electron chi connectivity index (χ2n) is 4.40. The molecule has 0 aromatic rings. The van der Waals surface area contributed by atoms with Crippen LogP contribution in [0.2, 0.25) is 0 Å². The van der Waals surface area contributed by atoms with Gasteiger partial charge in [0.2, 0.25) is 0 Å². The maximum absolute atomic E-state index is 3.80. The van der Waals surface area contributed by atoms with Crippen molar-refractivity contribution in [3.8, 4) is 0 Å². The zero-order valence-electron chi connectivity index (χ0n) is 8.64. The van der Waals surface area contributed by atoms with Crippen molar-refractivity contribution in [1.82, 2.24) is 5.32 Å². The van der Waals surface area contributed by atoms with E-state index in [0.29, 0.717) is 5.54 Å². The number of hydrogen-bond donors (Lipinski definition) is 1. The first-order valence-electron chi connectivity index (χ1n) is 5.74. The van der Waals surface area contributed by atoms with Gasteiger partial charge in [-0.05, 0) is 44.4 Å². The van der Waals surface area contributed by atoms with E-state index in [9.17, 15) is 0 Å². The Hall–Kier alpha value is 0.310. The molecule has 13 heavy (non-hydrogen) atoms. The molecular weight excluding hydrogens is 178 g/mol. The molecule has 2 saturated heterocycles. The highest BCUT2D eigenvalue weighted by Crippen LogP contribution is 2.40. The lowest BCUT2D eigenvalue weighted by Crippen LogP contribution is -2.54. The number of thioether (sulfide) groups is 1. The smallest absolute Gasteiger partial charge is 0.0297 e. The summed E-state index contributed by atoms with van der Waals surface area (Å²) < 4.78 is 0. The van der Waals surface area contributed by atoms with Crippen molar-refractivity contribution in [3.05, 3.63) is 0 Å². The van der Waals surface area contributed by atoms with Gasteiger partial charge in [0, 0.05) is 10.8 Å². The molecule has 0 radical (unpaired) electrons. The Morgan fingerprint density at radius 2 is 2.31 bits per heavy atom. The van der Waals surface area contributed by atoms with Gasteiger partial charge in [0.25, 0.3) is 0 Å². The third-order valence-electron chi connectivity index (χ3n) is 3.70. The van der Waals surface area contributed by atoms with Crippen LogP contribution in [-0.2, 0) is 0 Å². The fraction of sp³-hybridized carbons (Fsp3) is 1.00. The SMILES string of the molecule is CCC1(C2CCCS2)CCCCN1. The minimum absolute atomic E-state index is 0.513. The molecule has 0 aromatic carbocycles. The molecule has 0 bridgehead atoms. The van der Waals surface area contributed by atoms with Gasteiger partial charge in [-0.3, -0.25) is 0 Å². The van der Waals surface area contributed by atoms with E-state index in [2.05, 4.69) is 24.0 Å². The van der Waals surface area contributed by atoms with Crippen molar-refractivity contribution in [1.29, 1.82) is 0 Å². The molecule has 2 fully saturated rings. The summed E-state index contributed by atoms with van der Waals surface area (Å²) in [4.78, 5) is 0. The van der Waals surface area contributed by atoms with Crippen molar-refractivity contribution < 1.29 is 0 Å². The molecule has 0 amide bonds. The highest BCUT2D eigenvalue weighted by atomic mass is 32.2. The molecule has 2 atom stereocenters. The topological polar surface area (TPSA) is 12.0 Å². The van der Waals surface area contributed by atoms with Gasteiger partial charge in [-0.2, -0.15) is 11.8 Å². The van der Waals surface area contributed by atoms with Gasteiger partial charge >= 0.3 is 0 Å². The van der Waals surface area contributed by atoms with E-state index in [-0.39, 0.29) is 0 Å². The van der Waals surface area contributed by atoms with Crippen LogP contribution in [0.3, 0.4) is 0 Å². The minimum Gasteiger partial charge on any atom is -0.310 e. The Labute approximate surface area is 86.0 Å². The third-order valence-corrected chi connectivity index (χ3v) is 5.32. The normalized spacial score (nSPS) is 40.8. The minimum atomic E-state index is 0.513. The largest absolute Gasteiger partial charge is 0.310 e. The van der Waals surface area contributed by atoms with Crippen LogP contribution in [0.25, 0.3) is 0 Å². The molecular formula is C11H21NS. The van der Waals surface area contributed by atoms with E-state index >= 15 is 0 Å². The summed E-state index contributed by atoms with van der Waals surface area (Å²) >= 11 is 2.21. The van der Waals surface area contributed by atoms with Gasteiger partial charge in [0.1, 0.15) is 0 Å².